The summed E-state index contributed by atoms with van der Waals surface area (Å²) in [6.45, 7) is 3.93. The quantitative estimate of drug-likeness (QED) is 0.246. The lowest BCUT2D eigenvalue weighted by molar-refractivity contribution is 0.410. The van der Waals surface area contributed by atoms with Crippen molar-refractivity contribution in [2.45, 2.75) is 51.5 Å². The van der Waals surface area contributed by atoms with Gasteiger partial charge in [0.1, 0.15) is 0 Å². The summed E-state index contributed by atoms with van der Waals surface area (Å²) >= 11 is 0. The Bertz CT molecular complexity index is 395. The van der Waals surface area contributed by atoms with E-state index in [0.717, 1.165) is 12.5 Å². The van der Waals surface area contributed by atoms with E-state index in [-0.39, 0.29) is 24.0 Å². The van der Waals surface area contributed by atoms with Gasteiger partial charge in [-0.05, 0) is 26.2 Å². The minimum atomic E-state index is -3.09. The van der Waals surface area contributed by atoms with Gasteiger partial charge in [0.25, 0.3) is 0 Å². The van der Waals surface area contributed by atoms with Crippen LogP contribution in [0.2, 0.25) is 0 Å². The average molecular weight is 432 g/mol. The highest BCUT2D eigenvalue weighted by Crippen LogP contribution is 2.17. The third kappa shape index (κ3) is 11.2. The van der Waals surface area contributed by atoms with E-state index in [4.69, 9.17) is 0 Å². The Morgan fingerprint density at radius 1 is 1.24 bits per heavy atom. The lowest BCUT2D eigenvalue weighted by Gasteiger charge is -2.24. The van der Waals surface area contributed by atoms with E-state index in [1.807, 2.05) is 6.92 Å². The predicted molar refractivity (Wildman–Crippen MR) is 98.9 cm³/mol. The fraction of sp³-hybridized carbons (Fsp3) is 0.923. The van der Waals surface area contributed by atoms with Crippen molar-refractivity contribution >= 4 is 40.0 Å². The maximum Gasteiger partial charge on any atom is 0.208 e. The van der Waals surface area contributed by atoms with Gasteiger partial charge in [0.2, 0.25) is 10.0 Å². The number of hydrogen-bond acceptors (Lipinski definition) is 3. The zero-order chi connectivity index (χ0) is 14.8. The van der Waals surface area contributed by atoms with Crippen LogP contribution in [0.3, 0.4) is 0 Å². The summed E-state index contributed by atoms with van der Waals surface area (Å²) in [4.78, 5) is 4.49. The Hall–Kier alpha value is -0.0900. The number of sulfonamides is 1. The van der Waals surface area contributed by atoms with Crippen LogP contribution >= 0.6 is 24.0 Å². The van der Waals surface area contributed by atoms with E-state index in [0.29, 0.717) is 25.6 Å². The zero-order valence-electron chi connectivity index (χ0n) is 13.0. The molecule has 1 aliphatic rings. The minimum Gasteiger partial charge on any atom is -0.357 e. The molecule has 0 aliphatic heterocycles. The largest absolute Gasteiger partial charge is 0.357 e. The van der Waals surface area contributed by atoms with Crippen molar-refractivity contribution in [1.29, 1.82) is 0 Å². The van der Waals surface area contributed by atoms with Crippen molar-refractivity contribution in [2.75, 3.05) is 25.9 Å². The maximum atomic E-state index is 10.9. The average Bonchev–Trinajstić information content (AvgIpc) is 2.38. The predicted octanol–water partition coefficient (Wildman–Crippen LogP) is 1.43. The zero-order valence-corrected chi connectivity index (χ0v) is 16.2. The van der Waals surface area contributed by atoms with Crippen LogP contribution in [0.1, 0.15) is 45.4 Å². The molecule has 0 aromatic heterocycles. The van der Waals surface area contributed by atoms with Crippen LogP contribution in [0.4, 0.5) is 0 Å². The van der Waals surface area contributed by atoms with Crippen molar-refractivity contribution in [3.63, 3.8) is 0 Å². The monoisotopic (exact) mass is 432 g/mol. The van der Waals surface area contributed by atoms with Crippen LogP contribution in [0.5, 0.6) is 0 Å². The number of hydrogen-bond donors (Lipinski definition) is 3. The molecule has 0 aromatic carbocycles. The molecule has 0 saturated heterocycles. The molecule has 1 rings (SSSR count). The van der Waals surface area contributed by atoms with E-state index < -0.39 is 10.0 Å². The second kappa shape index (κ2) is 11.5. The molecule has 0 radical (unpaired) electrons. The third-order valence-electron chi connectivity index (χ3n) is 3.26. The minimum absolute atomic E-state index is 0. The first-order chi connectivity index (χ1) is 9.51. The summed E-state index contributed by atoms with van der Waals surface area (Å²) in [5.41, 5.74) is 0. The highest BCUT2D eigenvalue weighted by Gasteiger charge is 2.14. The van der Waals surface area contributed by atoms with Crippen LogP contribution in [-0.4, -0.2) is 46.3 Å². The van der Waals surface area contributed by atoms with Crippen molar-refractivity contribution in [2.24, 2.45) is 4.99 Å². The SMILES string of the molecule is CCNC(=NCCCNS(C)(=O)=O)NC1CCCCC1.I. The van der Waals surface area contributed by atoms with E-state index in [1.165, 1.54) is 38.4 Å². The Balaban J connectivity index is 0.00000400. The Kier molecular flexibility index (Phi) is 11.4. The molecule has 8 heteroatoms. The summed E-state index contributed by atoms with van der Waals surface area (Å²) in [5, 5.41) is 6.70. The summed E-state index contributed by atoms with van der Waals surface area (Å²) in [5.74, 6) is 0.846. The van der Waals surface area contributed by atoms with Crippen molar-refractivity contribution < 1.29 is 8.42 Å². The second-order valence-corrected chi connectivity index (χ2v) is 7.09. The van der Waals surface area contributed by atoms with Gasteiger partial charge in [0.15, 0.2) is 5.96 Å². The molecular formula is C13H29IN4O2S. The molecule has 6 nitrogen and oxygen atoms in total. The molecule has 0 spiro atoms. The molecule has 21 heavy (non-hydrogen) atoms. The second-order valence-electron chi connectivity index (χ2n) is 5.26. The fourth-order valence-corrected chi connectivity index (χ4v) is 2.80. The van der Waals surface area contributed by atoms with E-state index in [9.17, 15) is 8.42 Å². The van der Waals surface area contributed by atoms with Gasteiger partial charge in [-0.15, -0.1) is 24.0 Å². The molecule has 0 atom stereocenters. The van der Waals surface area contributed by atoms with Gasteiger partial charge >= 0.3 is 0 Å². The number of nitrogens with zero attached hydrogens (tertiary/aromatic N) is 1. The van der Waals surface area contributed by atoms with Crippen LogP contribution in [-0.2, 0) is 10.0 Å². The van der Waals surface area contributed by atoms with Crippen molar-refractivity contribution in [3.8, 4) is 0 Å². The summed E-state index contributed by atoms with van der Waals surface area (Å²) < 4.78 is 24.3. The highest BCUT2D eigenvalue weighted by molar-refractivity contribution is 14.0. The van der Waals surface area contributed by atoms with Gasteiger partial charge in [-0.2, -0.15) is 0 Å². The first-order valence-corrected chi connectivity index (χ1v) is 9.40. The summed E-state index contributed by atoms with van der Waals surface area (Å²) in [7, 11) is -3.09. The maximum absolute atomic E-state index is 10.9. The molecule has 0 bridgehead atoms. The van der Waals surface area contributed by atoms with Crippen LogP contribution in [0.25, 0.3) is 0 Å². The summed E-state index contributed by atoms with van der Waals surface area (Å²) in [6.07, 6.45) is 8.20. The van der Waals surface area contributed by atoms with Gasteiger partial charge in [-0.1, -0.05) is 19.3 Å². The lowest BCUT2D eigenvalue weighted by Crippen LogP contribution is -2.44. The Labute approximate surface area is 146 Å². The van der Waals surface area contributed by atoms with Gasteiger partial charge in [-0.3, -0.25) is 4.99 Å². The fourth-order valence-electron chi connectivity index (χ4n) is 2.29. The molecule has 0 heterocycles. The van der Waals surface area contributed by atoms with Crippen LogP contribution in [0.15, 0.2) is 4.99 Å². The standard InChI is InChI=1S/C13H28N4O2S.HI/c1-3-14-13(17-12-8-5-4-6-9-12)15-10-7-11-16-20(2,18)19;/h12,16H,3-11H2,1-2H3,(H2,14,15,17);1H. The van der Waals surface area contributed by atoms with Gasteiger partial charge in [0.05, 0.1) is 6.26 Å². The molecule has 0 unspecified atom stereocenters. The van der Waals surface area contributed by atoms with Crippen LogP contribution in [0, 0.1) is 0 Å². The van der Waals surface area contributed by atoms with Crippen molar-refractivity contribution in [3.05, 3.63) is 0 Å². The van der Waals surface area contributed by atoms with Gasteiger partial charge in [0, 0.05) is 25.7 Å². The van der Waals surface area contributed by atoms with Gasteiger partial charge in [-0.25, -0.2) is 13.1 Å². The smallest absolute Gasteiger partial charge is 0.208 e. The molecule has 1 saturated carbocycles. The normalized spacial score (nSPS) is 17.1. The topological polar surface area (TPSA) is 82.6 Å². The van der Waals surface area contributed by atoms with Gasteiger partial charge < -0.3 is 10.6 Å². The molecule has 1 aliphatic carbocycles. The Morgan fingerprint density at radius 3 is 2.48 bits per heavy atom. The molecule has 3 N–H and O–H groups in total. The van der Waals surface area contributed by atoms with Crippen LogP contribution < -0.4 is 15.4 Å². The third-order valence-corrected chi connectivity index (χ3v) is 3.99. The Morgan fingerprint density at radius 2 is 1.90 bits per heavy atom. The van der Waals surface area contributed by atoms with Crippen molar-refractivity contribution in [1.82, 2.24) is 15.4 Å². The number of rotatable bonds is 7. The molecule has 0 amide bonds. The highest BCUT2D eigenvalue weighted by atomic mass is 127. The number of aliphatic imine (C=N–C) groups is 1. The first-order valence-electron chi connectivity index (χ1n) is 7.50. The lowest BCUT2D eigenvalue weighted by atomic mass is 9.96. The number of guanidine groups is 1. The number of nitrogens with one attached hydrogen (secondary N) is 3. The van der Waals surface area contributed by atoms with E-state index in [2.05, 4.69) is 20.3 Å². The molecular weight excluding hydrogens is 403 g/mol. The summed E-state index contributed by atoms with van der Waals surface area (Å²) in [6, 6.07) is 0.524. The molecule has 0 aromatic rings. The van der Waals surface area contributed by atoms with E-state index >= 15 is 0 Å². The number of halogens is 1. The first kappa shape index (κ1) is 20.9. The van der Waals surface area contributed by atoms with E-state index in [1.54, 1.807) is 0 Å². The molecule has 126 valence electrons. The molecule has 1 fully saturated rings.